The van der Waals surface area contributed by atoms with Crippen LogP contribution in [0.2, 0.25) is 0 Å². The molecule has 0 aliphatic carbocycles. The molecule has 0 saturated heterocycles. The van der Waals surface area contributed by atoms with Gasteiger partial charge in [0.1, 0.15) is 6.29 Å². The van der Waals surface area contributed by atoms with Gasteiger partial charge in [0, 0.05) is 0 Å². The van der Waals surface area contributed by atoms with Crippen molar-refractivity contribution in [3.05, 3.63) is 24.3 Å². The summed E-state index contributed by atoms with van der Waals surface area (Å²) in [5, 5.41) is 0. The van der Waals surface area contributed by atoms with Crippen molar-refractivity contribution in [1.29, 1.82) is 0 Å². The fraction of sp³-hybridized carbons (Fsp3) is 0.500. The van der Waals surface area contributed by atoms with Crippen LogP contribution in [0.15, 0.2) is 24.3 Å². The Hall–Kier alpha value is -0.850. The van der Waals surface area contributed by atoms with E-state index >= 15 is 0 Å². The van der Waals surface area contributed by atoms with Crippen LogP contribution in [0.5, 0.6) is 0 Å². The summed E-state index contributed by atoms with van der Waals surface area (Å²) in [5.41, 5.74) is 0. The first-order chi connectivity index (χ1) is 5.41. The van der Waals surface area contributed by atoms with Gasteiger partial charge in [-0.25, -0.2) is 0 Å². The maximum Gasteiger partial charge on any atom is 0.142 e. The molecule has 0 aliphatic heterocycles. The Balaban J connectivity index is 3.02. The molecule has 0 bridgehead atoms. The third-order valence-electron chi connectivity index (χ3n) is 1.44. The highest BCUT2D eigenvalue weighted by atomic mass is 16.1. The number of aldehydes is 1. The van der Waals surface area contributed by atoms with Crippen molar-refractivity contribution < 1.29 is 4.79 Å². The average Bonchev–Trinajstić information content (AvgIpc) is 2.03. The zero-order chi connectivity index (χ0) is 8.36. The number of hydrogen-bond acceptors (Lipinski definition) is 1. The maximum absolute atomic E-state index is 9.84. The van der Waals surface area contributed by atoms with Gasteiger partial charge in [-0.2, -0.15) is 0 Å². The van der Waals surface area contributed by atoms with Gasteiger partial charge in [-0.3, -0.25) is 4.79 Å². The molecular weight excluding hydrogens is 136 g/mol. The largest absolute Gasteiger partial charge is 0.299 e. The Kier molecular flexibility index (Phi) is 8.44. The third kappa shape index (κ3) is 9.15. The third-order valence-corrected chi connectivity index (χ3v) is 1.44. The van der Waals surface area contributed by atoms with Crippen molar-refractivity contribution in [1.82, 2.24) is 0 Å². The second-order valence-electron chi connectivity index (χ2n) is 2.42. The van der Waals surface area contributed by atoms with Crippen LogP contribution < -0.4 is 0 Å². The lowest BCUT2D eigenvalue weighted by molar-refractivity contribution is -0.104. The van der Waals surface area contributed by atoms with Crippen LogP contribution in [-0.2, 0) is 4.79 Å². The van der Waals surface area contributed by atoms with Crippen LogP contribution in [0.4, 0.5) is 0 Å². The second kappa shape index (κ2) is 9.15. The summed E-state index contributed by atoms with van der Waals surface area (Å²) in [6.45, 7) is 2.03. The molecule has 0 saturated carbocycles. The van der Waals surface area contributed by atoms with Gasteiger partial charge >= 0.3 is 0 Å². The Labute approximate surface area is 68.8 Å². The summed E-state index contributed by atoms with van der Waals surface area (Å²) >= 11 is 0. The number of carbonyl (C=O) groups is 1. The first-order valence-corrected chi connectivity index (χ1v) is 4.13. The molecule has 1 heteroatoms. The van der Waals surface area contributed by atoms with Gasteiger partial charge in [-0.1, -0.05) is 18.2 Å². The van der Waals surface area contributed by atoms with Gasteiger partial charge in [0.2, 0.25) is 0 Å². The van der Waals surface area contributed by atoms with Gasteiger partial charge in [0.15, 0.2) is 0 Å². The molecule has 0 radical (unpaired) electrons. The number of unbranched alkanes of at least 4 members (excludes halogenated alkanes) is 3. The molecule has 0 rings (SSSR count). The number of hydrogen-bond donors (Lipinski definition) is 0. The van der Waals surface area contributed by atoms with E-state index in [-0.39, 0.29) is 0 Å². The van der Waals surface area contributed by atoms with Crippen LogP contribution in [0.1, 0.15) is 32.6 Å². The second-order valence-corrected chi connectivity index (χ2v) is 2.42. The van der Waals surface area contributed by atoms with Gasteiger partial charge in [-0.05, 0) is 38.7 Å². The molecule has 0 N–H and O–H groups in total. The SMILES string of the molecule is CC=CCCCCC=CC=O. The maximum atomic E-state index is 9.84. The van der Waals surface area contributed by atoms with E-state index in [9.17, 15) is 4.79 Å². The minimum absolute atomic E-state index is 0.825. The summed E-state index contributed by atoms with van der Waals surface area (Å²) < 4.78 is 0. The molecule has 0 aromatic heterocycles. The van der Waals surface area contributed by atoms with E-state index in [1.54, 1.807) is 6.08 Å². The monoisotopic (exact) mass is 152 g/mol. The van der Waals surface area contributed by atoms with E-state index in [1.807, 2.05) is 13.0 Å². The Morgan fingerprint density at radius 1 is 1.09 bits per heavy atom. The van der Waals surface area contributed by atoms with Gasteiger partial charge < -0.3 is 0 Å². The molecule has 0 aliphatic rings. The highest BCUT2D eigenvalue weighted by Crippen LogP contribution is 2.00. The molecule has 0 aromatic rings. The lowest BCUT2D eigenvalue weighted by Gasteiger charge is -1.90. The van der Waals surface area contributed by atoms with Gasteiger partial charge in [-0.15, -0.1) is 0 Å². The van der Waals surface area contributed by atoms with Crippen molar-refractivity contribution >= 4 is 6.29 Å². The molecule has 0 atom stereocenters. The summed E-state index contributed by atoms with van der Waals surface area (Å²) in [6.07, 6.45) is 13.1. The van der Waals surface area contributed by atoms with Crippen molar-refractivity contribution in [2.24, 2.45) is 0 Å². The smallest absolute Gasteiger partial charge is 0.142 e. The van der Waals surface area contributed by atoms with Gasteiger partial charge in [0.25, 0.3) is 0 Å². The molecule has 1 nitrogen and oxygen atoms in total. The van der Waals surface area contributed by atoms with Crippen molar-refractivity contribution in [2.45, 2.75) is 32.6 Å². The molecule has 0 heterocycles. The Morgan fingerprint density at radius 2 is 1.73 bits per heavy atom. The number of carbonyl (C=O) groups excluding carboxylic acids is 1. The van der Waals surface area contributed by atoms with E-state index in [1.165, 1.54) is 12.8 Å². The van der Waals surface area contributed by atoms with Crippen LogP contribution in [0.25, 0.3) is 0 Å². The first-order valence-electron chi connectivity index (χ1n) is 4.13. The van der Waals surface area contributed by atoms with Crippen LogP contribution in [0, 0.1) is 0 Å². The predicted octanol–water partition coefficient (Wildman–Crippen LogP) is 2.88. The minimum atomic E-state index is 0.825. The molecule has 0 amide bonds. The van der Waals surface area contributed by atoms with E-state index < -0.39 is 0 Å². The standard InChI is InChI=1S/C10H16O/c1-2-3-4-5-6-7-8-9-10-11/h2-3,8-10H,4-7H2,1H3. The zero-order valence-electron chi connectivity index (χ0n) is 7.12. The first kappa shape index (κ1) is 10.2. The molecule has 0 unspecified atom stereocenters. The fourth-order valence-corrected chi connectivity index (χ4v) is 0.843. The quantitative estimate of drug-likeness (QED) is 0.247. The lowest BCUT2D eigenvalue weighted by Crippen LogP contribution is -1.72. The highest BCUT2D eigenvalue weighted by molar-refractivity contribution is 5.64. The van der Waals surface area contributed by atoms with E-state index in [2.05, 4.69) is 12.2 Å². The van der Waals surface area contributed by atoms with E-state index in [0.717, 1.165) is 19.1 Å². The molecule has 0 fully saturated rings. The highest BCUT2D eigenvalue weighted by Gasteiger charge is 1.81. The van der Waals surface area contributed by atoms with Crippen LogP contribution in [-0.4, -0.2) is 6.29 Å². The summed E-state index contributed by atoms with van der Waals surface area (Å²) in [5.74, 6) is 0. The summed E-state index contributed by atoms with van der Waals surface area (Å²) in [7, 11) is 0. The molecule has 0 aromatic carbocycles. The summed E-state index contributed by atoms with van der Waals surface area (Å²) in [4.78, 5) is 9.84. The zero-order valence-corrected chi connectivity index (χ0v) is 7.12. The molecule has 62 valence electrons. The minimum Gasteiger partial charge on any atom is -0.299 e. The molecular formula is C10H16O. The van der Waals surface area contributed by atoms with Crippen molar-refractivity contribution in [3.8, 4) is 0 Å². The van der Waals surface area contributed by atoms with Crippen LogP contribution >= 0.6 is 0 Å². The summed E-state index contributed by atoms with van der Waals surface area (Å²) in [6, 6.07) is 0. The Morgan fingerprint density at radius 3 is 2.27 bits per heavy atom. The number of rotatable bonds is 6. The van der Waals surface area contributed by atoms with Crippen molar-refractivity contribution in [3.63, 3.8) is 0 Å². The lowest BCUT2D eigenvalue weighted by atomic mass is 10.2. The topological polar surface area (TPSA) is 17.1 Å². The fourth-order valence-electron chi connectivity index (χ4n) is 0.843. The molecule has 0 spiro atoms. The number of allylic oxidation sites excluding steroid dienone is 4. The molecule has 11 heavy (non-hydrogen) atoms. The van der Waals surface area contributed by atoms with Gasteiger partial charge in [0.05, 0.1) is 0 Å². The van der Waals surface area contributed by atoms with Crippen LogP contribution in [0.3, 0.4) is 0 Å². The van der Waals surface area contributed by atoms with E-state index in [0.29, 0.717) is 0 Å². The normalized spacial score (nSPS) is 11.4. The predicted molar refractivity (Wildman–Crippen MR) is 48.5 cm³/mol. The van der Waals surface area contributed by atoms with Crippen molar-refractivity contribution in [2.75, 3.05) is 0 Å². The Bertz CT molecular complexity index is 134. The van der Waals surface area contributed by atoms with E-state index in [4.69, 9.17) is 0 Å². The average molecular weight is 152 g/mol.